The van der Waals surface area contributed by atoms with E-state index in [0.29, 0.717) is 18.8 Å². The number of epoxide rings is 1. The third-order valence-corrected chi connectivity index (χ3v) is 7.62. The Morgan fingerprint density at radius 1 is 1.44 bits per heavy atom. The summed E-state index contributed by atoms with van der Waals surface area (Å²) in [5.41, 5.74) is -0.724. The maximum absolute atomic E-state index is 12.9. The summed E-state index contributed by atoms with van der Waals surface area (Å²) in [6, 6.07) is 0. The zero-order valence-corrected chi connectivity index (χ0v) is 15.8. The smallest absolute Gasteiger partial charge is 0.321 e. The molecular weight excluding hydrogens is 320 g/mol. The minimum atomic E-state index is -0.917. The number of ether oxygens (including phenoxy) is 3. The van der Waals surface area contributed by atoms with Crippen molar-refractivity contribution in [1.82, 2.24) is 0 Å². The van der Waals surface area contributed by atoms with Crippen LogP contribution in [0.2, 0.25) is 0 Å². The van der Waals surface area contributed by atoms with E-state index in [2.05, 4.69) is 19.9 Å². The maximum Gasteiger partial charge on any atom is 0.321 e. The van der Waals surface area contributed by atoms with Gasteiger partial charge in [-0.2, -0.15) is 0 Å². The topological polar surface area (TPSA) is 65.1 Å². The first-order chi connectivity index (χ1) is 11.7. The predicted octanol–water partition coefficient (Wildman–Crippen LogP) is 3.37. The van der Waals surface area contributed by atoms with E-state index in [1.165, 1.54) is 5.57 Å². The Labute approximate surface area is 149 Å². The van der Waals surface area contributed by atoms with Gasteiger partial charge in [0, 0.05) is 5.41 Å². The summed E-state index contributed by atoms with van der Waals surface area (Å²) in [6.07, 6.45) is 4.53. The number of allylic oxidation sites excluding steroid dienone is 1. The minimum Gasteiger partial charge on any atom is -0.460 e. The Kier molecular flexibility index (Phi) is 3.48. The van der Waals surface area contributed by atoms with Crippen LogP contribution in [-0.4, -0.2) is 29.9 Å². The van der Waals surface area contributed by atoms with Gasteiger partial charge < -0.3 is 14.2 Å². The highest BCUT2D eigenvalue weighted by molar-refractivity contribution is 5.86. The van der Waals surface area contributed by atoms with Crippen molar-refractivity contribution in [1.29, 1.82) is 0 Å². The van der Waals surface area contributed by atoms with E-state index in [-0.39, 0.29) is 23.3 Å². The van der Waals surface area contributed by atoms with E-state index in [9.17, 15) is 9.59 Å². The van der Waals surface area contributed by atoms with Gasteiger partial charge >= 0.3 is 11.9 Å². The first-order valence-electron chi connectivity index (χ1n) is 9.50. The van der Waals surface area contributed by atoms with Crippen molar-refractivity contribution >= 4 is 11.9 Å². The molecule has 0 amide bonds. The number of hydrogen-bond acceptors (Lipinski definition) is 5. The van der Waals surface area contributed by atoms with Crippen molar-refractivity contribution in [3.8, 4) is 0 Å². The van der Waals surface area contributed by atoms with Gasteiger partial charge in [0.15, 0.2) is 5.60 Å². The zero-order valence-electron chi connectivity index (χ0n) is 15.8. The molecule has 2 heterocycles. The second-order valence-corrected chi connectivity index (χ2v) is 8.73. The normalized spacial score (nSPS) is 48.4. The lowest BCUT2D eigenvalue weighted by molar-refractivity contribution is -0.186. The molecule has 1 spiro atoms. The number of fused-ring (bicyclic) bond motifs is 3. The highest BCUT2D eigenvalue weighted by Crippen LogP contribution is 2.71. The molecule has 0 aromatic rings. The lowest BCUT2D eigenvalue weighted by Gasteiger charge is -2.44. The second-order valence-electron chi connectivity index (χ2n) is 8.73. The van der Waals surface area contributed by atoms with Gasteiger partial charge in [0.2, 0.25) is 6.29 Å². The fraction of sp³-hybridized carbons (Fsp3) is 0.800. The molecule has 4 aliphatic rings. The van der Waals surface area contributed by atoms with E-state index < -0.39 is 23.4 Å². The molecular formula is C20H28O5. The molecule has 5 heteroatoms. The SMILES string of the molecule is CC[C@@H](C)C(=O)O[C@H]1[C@@]2(C)C(=CCC[C@@H]2C)C[C@]12C(=O)O[C@@H]1O[C@@]12C. The Bertz CT molecular complexity index is 669. The van der Waals surface area contributed by atoms with Crippen LogP contribution >= 0.6 is 0 Å². The zero-order chi connectivity index (χ0) is 18.2. The molecule has 5 nitrogen and oxygen atoms in total. The molecule has 0 bridgehead atoms. The number of rotatable bonds is 3. The Morgan fingerprint density at radius 3 is 2.76 bits per heavy atom. The number of hydrogen-bond donors (Lipinski definition) is 0. The van der Waals surface area contributed by atoms with E-state index in [0.717, 1.165) is 12.8 Å². The fourth-order valence-corrected chi connectivity index (χ4v) is 5.22. The van der Waals surface area contributed by atoms with E-state index in [1.807, 2.05) is 20.8 Å². The van der Waals surface area contributed by atoms with Gasteiger partial charge in [-0.15, -0.1) is 0 Å². The summed E-state index contributed by atoms with van der Waals surface area (Å²) in [7, 11) is 0. The molecule has 3 fully saturated rings. The molecule has 2 saturated heterocycles. The molecule has 0 radical (unpaired) electrons. The van der Waals surface area contributed by atoms with Crippen molar-refractivity contribution in [2.45, 2.75) is 78.3 Å². The van der Waals surface area contributed by atoms with Crippen LogP contribution in [0, 0.1) is 22.7 Å². The summed E-state index contributed by atoms with van der Waals surface area (Å²) in [5.74, 6) is -0.353. The molecule has 138 valence electrons. The third kappa shape index (κ3) is 1.88. The van der Waals surface area contributed by atoms with E-state index in [1.54, 1.807) is 0 Å². The van der Waals surface area contributed by atoms with Gasteiger partial charge in [0.1, 0.15) is 11.5 Å². The molecule has 1 saturated carbocycles. The summed E-state index contributed by atoms with van der Waals surface area (Å²) in [4.78, 5) is 25.6. The molecule has 7 atom stereocenters. The Balaban J connectivity index is 1.82. The van der Waals surface area contributed by atoms with Crippen LogP contribution in [0.25, 0.3) is 0 Å². The van der Waals surface area contributed by atoms with Crippen LogP contribution < -0.4 is 0 Å². The van der Waals surface area contributed by atoms with Gasteiger partial charge in [0.05, 0.1) is 5.92 Å². The number of carbonyl (C=O) groups is 2. The summed E-state index contributed by atoms with van der Waals surface area (Å²) in [5, 5.41) is 0. The van der Waals surface area contributed by atoms with Crippen molar-refractivity contribution in [2.24, 2.45) is 22.7 Å². The van der Waals surface area contributed by atoms with Crippen molar-refractivity contribution in [2.75, 3.05) is 0 Å². The fourth-order valence-electron chi connectivity index (χ4n) is 5.22. The average Bonchev–Trinajstić information content (AvgIpc) is 3.08. The second kappa shape index (κ2) is 5.09. The van der Waals surface area contributed by atoms with Gasteiger partial charge in [-0.1, -0.05) is 39.3 Å². The molecule has 2 aliphatic heterocycles. The van der Waals surface area contributed by atoms with Crippen molar-refractivity contribution < 1.29 is 23.8 Å². The summed E-state index contributed by atoms with van der Waals surface area (Å²) >= 11 is 0. The molecule has 25 heavy (non-hydrogen) atoms. The van der Waals surface area contributed by atoms with Crippen LogP contribution in [0.4, 0.5) is 0 Å². The van der Waals surface area contributed by atoms with Gasteiger partial charge in [-0.05, 0) is 38.5 Å². The predicted molar refractivity (Wildman–Crippen MR) is 90.3 cm³/mol. The first-order valence-corrected chi connectivity index (χ1v) is 9.50. The van der Waals surface area contributed by atoms with Gasteiger partial charge in [-0.3, -0.25) is 9.59 Å². The van der Waals surface area contributed by atoms with Crippen molar-refractivity contribution in [3.63, 3.8) is 0 Å². The third-order valence-electron chi connectivity index (χ3n) is 7.62. The largest absolute Gasteiger partial charge is 0.460 e. The number of carbonyl (C=O) groups excluding carboxylic acids is 2. The Hall–Kier alpha value is -1.36. The minimum absolute atomic E-state index is 0.186. The maximum atomic E-state index is 12.9. The highest BCUT2D eigenvalue weighted by Gasteiger charge is 2.85. The first kappa shape index (κ1) is 17.1. The van der Waals surface area contributed by atoms with Crippen molar-refractivity contribution in [3.05, 3.63) is 11.6 Å². The van der Waals surface area contributed by atoms with Gasteiger partial charge in [-0.25, -0.2) is 0 Å². The average molecular weight is 348 g/mol. The lowest BCUT2D eigenvalue weighted by Crippen LogP contribution is -2.54. The lowest BCUT2D eigenvalue weighted by atomic mass is 9.64. The quantitative estimate of drug-likeness (QED) is 0.444. The van der Waals surface area contributed by atoms with Crippen LogP contribution in [0.3, 0.4) is 0 Å². The van der Waals surface area contributed by atoms with Crippen LogP contribution in [-0.2, 0) is 23.8 Å². The Morgan fingerprint density at radius 2 is 2.16 bits per heavy atom. The van der Waals surface area contributed by atoms with Crippen LogP contribution in [0.5, 0.6) is 0 Å². The molecule has 0 aromatic heterocycles. The summed E-state index contributed by atoms with van der Waals surface area (Å²) < 4.78 is 17.4. The summed E-state index contributed by atoms with van der Waals surface area (Å²) in [6.45, 7) is 10.1. The van der Waals surface area contributed by atoms with Gasteiger partial charge in [0.25, 0.3) is 0 Å². The van der Waals surface area contributed by atoms with Crippen LogP contribution in [0.15, 0.2) is 11.6 Å². The highest BCUT2D eigenvalue weighted by atomic mass is 16.8. The number of esters is 2. The monoisotopic (exact) mass is 348 g/mol. The molecule has 0 N–H and O–H groups in total. The molecule has 2 aliphatic carbocycles. The van der Waals surface area contributed by atoms with E-state index >= 15 is 0 Å². The molecule has 4 rings (SSSR count). The molecule has 0 aromatic carbocycles. The van der Waals surface area contributed by atoms with E-state index in [4.69, 9.17) is 14.2 Å². The standard InChI is InChI=1S/C20H28O5/c1-6-11(2)14(21)23-15-18(4)12(3)8-7-9-13(18)10-20(15)16(22)24-17-19(20,5)25-17/h9,11-12,15,17H,6-8,10H2,1-5H3/t11-,12+,15+,17-,18-,19+,20-/m1/s1. The molecule has 0 unspecified atom stereocenters. The van der Waals surface area contributed by atoms with Crippen LogP contribution in [0.1, 0.15) is 60.3 Å².